The third-order valence-electron chi connectivity index (χ3n) is 4.20. The molecule has 23 heavy (non-hydrogen) atoms. The van der Waals surface area contributed by atoms with Crippen LogP contribution >= 0.6 is 0 Å². The zero-order valence-electron chi connectivity index (χ0n) is 13.3. The molecule has 4 heteroatoms. The molecule has 3 nitrogen and oxygen atoms in total. The molecule has 0 aliphatic carbocycles. The average Bonchev–Trinajstić information content (AvgIpc) is 3.07. The van der Waals surface area contributed by atoms with Crippen LogP contribution in [0.1, 0.15) is 24.1 Å². The van der Waals surface area contributed by atoms with E-state index >= 15 is 0 Å². The van der Waals surface area contributed by atoms with E-state index in [9.17, 15) is 4.39 Å². The van der Waals surface area contributed by atoms with Gasteiger partial charge in [-0.05, 0) is 49.1 Å². The summed E-state index contributed by atoms with van der Waals surface area (Å²) < 4.78 is 19.1. The van der Waals surface area contributed by atoms with Crippen LogP contribution in [-0.4, -0.2) is 35.7 Å². The van der Waals surface area contributed by atoms with Gasteiger partial charge in [-0.15, -0.1) is 0 Å². The van der Waals surface area contributed by atoms with Crippen molar-refractivity contribution in [1.82, 2.24) is 9.88 Å². The Morgan fingerprint density at radius 1 is 1.22 bits per heavy atom. The first-order valence-corrected chi connectivity index (χ1v) is 8.28. The number of halogens is 1. The Morgan fingerprint density at radius 3 is 2.91 bits per heavy atom. The van der Waals surface area contributed by atoms with Gasteiger partial charge in [-0.2, -0.15) is 0 Å². The minimum Gasteiger partial charge on any atom is -0.377 e. The Hall–Kier alpha value is -1.78. The first-order valence-electron chi connectivity index (χ1n) is 8.28. The summed E-state index contributed by atoms with van der Waals surface area (Å²) in [6.45, 7) is 3.45. The zero-order valence-corrected chi connectivity index (χ0v) is 13.3. The number of rotatable bonds is 7. The van der Waals surface area contributed by atoms with Gasteiger partial charge in [0, 0.05) is 32.4 Å². The van der Waals surface area contributed by atoms with Gasteiger partial charge in [-0.3, -0.25) is 9.88 Å². The Labute approximate surface area is 137 Å². The minimum absolute atomic E-state index is 0.169. The van der Waals surface area contributed by atoms with Crippen LogP contribution in [0.2, 0.25) is 0 Å². The molecule has 0 bridgehead atoms. The number of hydrogen-bond acceptors (Lipinski definition) is 3. The molecular formula is C19H23FN2O. The number of nitrogens with zero attached hydrogens (tertiary/aromatic N) is 2. The summed E-state index contributed by atoms with van der Waals surface area (Å²) in [6, 6.07) is 12.8. The van der Waals surface area contributed by atoms with E-state index in [1.165, 1.54) is 6.07 Å². The van der Waals surface area contributed by atoms with E-state index in [1.54, 1.807) is 12.1 Å². The van der Waals surface area contributed by atoms with Gasteiger partial charge in [0.2, 0.25) is 0 Å². The molecule has 0 unspecified atom stereocenters. The molecule has 0 N–H and O–H groups in total. The fourth-order valence-corrected chi connectivity index (χ4v) is 3.01. The summed E-state index contributed by atoms with van der Waals surface area (Å²) in [5.74, 6) is -0.169. The van der Waals surface area contributed by atoms with Crippen molar-refractivity contribution in [1.29, 1.82) is 0 Å². The second-order valence-electron chi connectivity index (χ2n) is 6.07. The van der Waals surface area contributed by atoms with Crippen molar-refractivity contribution < 1.29 is 9.13 Å². The van der Waals surface area contributed by atoms with Crippen molar-refractivity contribution in [3.63, 3.8) is 0 Å². The Morgan fingerprint density at radius 2 is 2.17 bits per heavy atom. The van der Waals surface area contributed by atoms with E-state index < -0.39 is 0 Å². The van der Waals surface area contributed by atoms with E-state index in [2.05, 4.69) is 9.88 Å². The van der Waals surface area contributed by atoms with Crippen LogP contribution in [0.5, 0.6) is 0 Å². The number of aromatic nitrogens is 1. The molecule has 0 saturated carbocycles. The summed E-state index contributed by atoms with van der Waals surface area (Å²) in [5.41, 5.74) is 2.09. The molecule has 2 heterocycles. The van der Waals surface area contributed by atoms with Crippen LogP contribution in [0.15, 0.2) is 48.7 Å². The molecular weight excluding hydrogens is 291 g/mol. The average molecular weight is 314 g/mol. The molecule has 0 spiro atoms. The Balaban J connectivity index is 1.61. The fraction of sp³-hybridized carbons (Fsp3) is 0.421. The molecule has 0 radical (unpaired) electrons. The van der Waals surface area contributed by atoms with Crippen LogP contribution in [0, 0.1) is 5.82 Å². The van der Waals surface area contributed by atoms with E-state index in [1.807, 2.05) is 30.5 Å². The van der Waals surface area contributed by atoms with Crippen molar-refractivity contribution in [2.24, 2.45) is 0 Å². The molecule has 1 saturated heterocycles. The molecule has 1 aliphatic rings. The monoisotopic (exact) mass is 314 g/mol. The molecule has 122 valence electrons. The van der Waals surface area contributed by atoms with Crippen LogP contribution in [0.25, 0.3) is 0 Å². The van der Waals surface area contributed by atoms with Gasteiger partial charge in [0.25, 0.3) is 0 Å². The van der Waals surface area contributed by atoms with E-state index in [4.69, 9.17) is 4.74 Å². The summed E-state index contributed by atoms with van der Waals surface area (Å²) in [5, 5.41) is 0. The van der Waals surface area contributed by atoms with Crippen molar-refractivity contribution in [2.45, 2.75) is 31.9 Å². The van der Waals surface area contributed by atoms with Crippen molar-refractivity contribution in [3.8, 4) is 0 Å². The van der Waals surface area contributed by atoms with Crippen LogP contribution in [0.3, 0.4) is 0 Å². The van der Waals surface area contributed by atoms with Crippen LogP contribution in [0.4, 0.5) is 4.39 Å². The zero-order chi connectivity index (χ0) is 15.9. The van der Waals surface area contributed by atoms with Crippen molar-refractivity contribution in [2.75, 3.05) is 19.7 Å². The summed E-state index contributed by atoms with van der Waals surface area (Å²) >= 11 is 0. The molecule has 1 fully saturated rings. The largest absolute Gasteiger partial charge is 0.377 e. The smallest absolute Gasteiger partial charge is 0.123 e. The van der Waals surface area contributed by atoms with Gasteiger partial charge in [-0.1, -0.05) is 18.2 Å². The topological polar surface area (TPSA) is 25.4 Å². The second kappa shape index (κ2) is 8.18. The van der Waals surface area contributed by atoms with Gasteiger partial charge in [0.05, 0.1) is 11.8 Å². The van der Waals surface area contributed by atoms with E-state index in [-0.39, 0.29) is 5.82 Å². The highest BCUT2D eigenvalue weighted by Gasteiger charge is 2.19. The first-order chi connectivity index (χ1) is 11.3. The van der Waals surface area contributed by atoms with E-state index in [0.29, 0.717) is 6.10 Å². The molecule has 1 aromatic carbocycles. The Bertz CT molecular complexity index is 599. The van der Waals surface area contributed by atoms with Gasteiger partial charge >= 0.3 is 0 Å². The summed E-state index contributed by atoms with van der Waals surface area (Å²) in [7, 11) is 0. The molecule has 1 atom stereocenters. The van der Waals surface area contributed by atoms with Gasteiger partial charge in [0.1, 0.15) is 5.82 Å². The number of benzene rings is 1. The summed E-state index contributed by atoms with van der Waals surface area (Å²) in [6.07, 6.45) is 5.24. The Kier molecular flexibility index (Phi) is 5.72. The lowest BCUT2D eigenvalue weighted by molar-refractivity contribution is 0.0705. The third-order valence-corrected chi connectivity index (χ3v) is 4.20. The second-order valence-corrected chi connectivity index (χ2v) is 6.07. The molecule has 3 rings (SSSR count). The normalized spacial score (nSPS) is 17.7. The lowest BCUT2D eigenvalue weighted by Crippen LogP contribution is -2.33. The van der Waals surface area contributed by atoms with E-state index in [0.717, 1.165) is 56.8 Å². The number of ether oxygens (including phenoxy) is 1. The van der Waals surface area contributed by atoms with Crippen molar-refractivity contribution in [3.05, 3.63) is 65.7 Å². The lowest BCUT2D eigenvalue weighted by atomic mass is 10.1. The molecule has 1 aliphatic heterocycles. The highest BCUT2D eigenvalue weighted by Crippen LogP contribution is 2.15. The third kappa shape index (κ3) is 5.12. The predicted octanol–water partition coefficient (Wildman–Crippen LogP) is 3.44. The van der Waals surface area contributed by atoms with Gasteiger partial charge in [0.15, 0.2) is 0 Å². The predicted molar refractivity (Wildman–Crippen MR) is 88.6 cm³/mol. The maximum Gasteiger partial charge on any atom is 0.123 e. The van der Waals surface area contributed by atoms with Gasteiger partial charge < -0.3 is 4.74 Å². The maximum absolute atomic E-state index is 13.3. The quantitative estimate of drug-likeness (QED) is 0.783. The maximum atomic E-state index is 13.3. The van der Waals surface area contributed by atoms with Gasteiger partial charge in [-0.25, -0.2) is 4.39 Å². The number of pyridine rings is 1. The lowest BCUT2D eigenvalue weighted by Gasteiger charge is -2.25. The fourth-order valence-electron chi connectivity index (χ4n) is 3.01. The van der Waals surface area contributed by atoms with Crippen molar-refractivity contribution >= 4 is 0 Å². The summed E-state index contributed by atoms with van der Waals surface area (Å²) in [4.78, 5) is 6.78. The first kappa shape index (κ1) is 16.1. The SMILES string of the molecule is Fc1cccc(CCN(Cc2ccccn2)C[C@H]2CCCO2)c1. The molecule has 2 aromatic rings. The minimum atomic E-state index is -0.169. The standard InChI is InChI=1S/C19H23FN2O/c20-17-6-3-5-16(13-17)9-11-22(15-19-8-4-12-23-19)14-18-7-1-2-10-21-18/h1-3,5-7,10,13,19H,4,8-9,11-12,14-15H2/t19-/m1/s1. The molecule has 1 aromatic heterocycles. The highest BCUT2D eigenvalue weighted by atomic mass is 19.1. The molecule has 0 amide bonds. The van der Waals surface area contributed by atoms with Crippen LogP contribution < -0.4 is 0 Å². The number of hydrogen-bond donors (Lipinski definition) is 0. The van der Waals surface area contributed by atoms with Crippen LogP contribution in [-0.2, 0) is 17.7 Å². The highest BCUT2D eigenvalue weighted by molar-refractivity contribution is 5.16.